The minimum Gasteiger partial charge on any atom is -0.343 e. The van der Waals surface area contributed by atoms with Crippen molar-refractivity contribution in [1.29, 1.82) is 0 Å². The molecular formula is C21H23N3O2. The van der Waals surface area contributed by atoms with E-state index in [0.29, 0.717) is 16.7 Å². The Morgan fingerprint density at radius 2 is 1.69 bits per heavy atom. The third-order valence-corrected chi connectivity index (χ3v) is 6.18. The van der Waals surface area contributed by atoms with Crippen LogP contribution in [-0.4, -0.2) is 22.3 Å². The molecule has 2 aliphatic rings. The van der Waals surface area contributed by atoms with Crippen LogP contribution in [0.15, 0.2) is 39.9 Å². The fourth-order valence-electron chi connectivity index (χ4n) is 4.49. The van der Waals surface area contributed by atoms with Crippen molar-refractivity contribution in [2.24, 2.45) is 7.05 Å². The zero-order chi connectivity index (χ0) is 17.8. The molecule has 5 heteroatoms. The first-order valence-corrected chi connectivity index (χ1v) is 9.59. The Morgan fingerprint density at radius 3 is 2.38 bits per heavy atom. The zero-order valence-electron chi connectivity index (χ0n) is 15.1. The van der Waals surface area contributed by atoms with Crippen molar-refractivity contribution in [1.82, 2.24) is 9.24 Å². The molecule has 2 fully saturated rings. The van der Waals surface area contributed by atoms with E-state index in [9.17, 15) is 9.59 Å². The van der Waals surface area contributed by atoms with Crippen LogP contribution >= 0.6 is 0 Å². The van der Waals surface area contributed by atoms with Crippen LogP contribution in [0.1, 0.15) is 43.7 Å². The monoisotopic (exact) mass is 349 g/mol. The summed E-state index contributed by atoms with van der Waals surface area (Å²) in [6.07, 6.45) is 5.67. The number of rotatable bonds is 2. The van der Waals surface area contributed by atoms with Crippen LogP contribution in [0.5, 0.6) is 0 Å². The summed E-state index contributed by atoms with van der Waals surface area (Å²) in [4.78, 5) is 26.7. The molecule has 1 aliphatic carbocycles. The molecule has 0 N–H and O–H groups in total. The van der Waals surface area contributed by atoms with Crippen molar-refractivity contribution in [3.05, 3.63) is 56.6 Å². The molecule has 0 radical (unpaired) electrons. The van der Waals surface area contributed by atoms with Gasteiger partial charge in [-0.15, -0.1) is 0 Å². The maximum absolute atomic E-state index is 13.5. The first-order chi connectivity index (χ1) is 12.7. The molecule has 0 amide bonds. The lowest BCUT2D eigenvalue weighted by Gasteiger charge is -2.33. The number of aromatic nitrogens is 2. The van der Waals surface area contributed by atoms with Gasteiger partial charge in [-0.2, -0.15) is 0 Å². The van der Waals surface area contributed by atoms with Gasteiger partial charge in [-0.05, 0) is 43.9 Å². The number of hydrogen-bond acceptors (Lipinski definition) is 3. The topological polar surface area (TPSA) is 47.2 Å². The van der Waals surface area contributed by atoms with Gasteiger partial charge >= 0.3 is 0 Å². The molecule has 26 heavy (non-hydrogen) atoms. The second-order valence-electron chi connectivity index (χ2n) is 7.64. The lowest BCUT2D eigenvalue weighted by molar-refractivity contribution is 0.390. The largest absolute Gasteiger partial charge is 0.343 e. The number of pyridine rings is 2. The normalized spacial score (nSPS) is 18.0. The fourth-order valence-corrected chi connectivity index (χ4v) is 4.49. The van der Waals surface area contributed by atoms with Gasteiger partial charge in [0.1, 0.15) is 5.39 Å². The van der Waals surface area contributed by atoms with Crippen molar-refractivity contribution in [3.63, 3.8) is 0 Å². The first-order valence-electron chi connectivity index (χ1n) is 9.59. The average molecular weight is 349 g/mol. The fraction of sp³-hybridized carbons (Fsp3) is 0.429. The van der Waals surface area contributed by atoms with Crippen molar-refractivity contribution in [2.75, 3.05) is 18.1 Å². The molecule has 134 valence electrons. The third kappa shape index (κ3) is 2.09. The molecule has 5 nitrogen and oxygen atoms in total. The molecule has 0 atom stereocenters. The van der Waals surface area contributed by atoms with E-state index in [1.807, 2.05) is 40.6 Å². The zero-order valence-corrected chi connectivity index (χ0v) is 15.1. The Hall–Kier alpha value is -2.56. The van der Waals surface area contributed by atoms with E-state index >= 15 is 0 Å². The second kappa shape index (κ2) is 5.73. The van der Waals surface area contributed by atoms with Crippen LogP contribution in [0.4, 0.5) is 0 Å². The number of para-hydroxylation sites is 1. The van der Waals surface area contributed by atoms with Crippen LogP contribution in [0.2, 0.25) is 0 Å². The van der Waals surface area contributed by atoms with Crippen LogP contribution in [0.3, 0.4) is 0 Å². The van der Waals surface area contributed by atoms with Crippen LogP contribution in [-0.2, 0) is 7.05 Å². The highest BCUT2D eigenvalue weighted by atomic mass is 16.1. The number of nitrogens with zero attached hydrogens (tertiary/aromatic N) is 3. The highest BCUT2D eigenvalue weighted by Crippen LogP contribution is 2.37. The quantitative estimate of drug-likeness (QED) is 0.669. The number of fused-ring (bicyclic) bond motifs is 2. The van der Waals surface area contributed by atoms with E-state index in [1.54, 1.807) is 0 Å². The molecule has 1 aromatic carbocycles. The summed E-state index contributed by atoms with van der Waals surface area (Å²) in [5.41, 5.74) is 2.43. The highest BCUT2D eigenvalue weighted by Gasteiger charge is 2.28. The minimum atomic E-state index is -0.146. The number of benzene rings is 1. The van der Waals surface area contributed by atoms with Gasteiger partial charge in [0.05, 0.1) is 11.0 Å². The smallest absolute Gasteiger partial charge is 0.282 e. The molecule has 1 saturated heterocycles. The molecule has 3 aromatic rings. The number of aryl methyl sites for hydroxylation is 1. The van der Waals surface area contributed by atoms with Crippen molar-refractivity contribution < 1.29 is 0 Å². The van der Waals surface area contributed by atoms with Crippen LogP contribution in [0, 0.1) is 0 Å². The van der Waals surface area contributed by atoms with Crippen LogP contribution < -0.4 is 16.0 Å². The highest BCUT2D eigenvalue weighted by molar-refractivity contribution is 5.93. The maximum Gasteiger partial charge on any atom is 0.282 e. The molecule has 2 aromatic heterocycles. The molecule has 5 rings (SSSR count). The molecule has 3 heterocycles. The summed E-state index contributed by atoms with van der Waals surface area (Å²) in [5.74, 6) is 0.425. The second-order valence-corrected chi connectivity index (χ2v) is 7.64. The SMILES string of the molecule is Cn1c2ccccc2c(=O)c2c(=O)n(N3CCCC3)c(C3CCC3)cc21. The van der Waals surface area contributed by atoms with Crippen molar-refractivity contribution >= 4 is 21.8 Å². The number of hydrogen-bond donors (Lipinski definition) is 0. The Kier molecular flexibility index (Phi) is 3.45. The van der Waals surface area contributed by atoms with Gasteiger partial charge in [0.25, 0.3) is 5.56 Å². The molecule has 1 aliphatic heterocycles. The van der Waals surface area contributed by atoms with E-state index in [1.165, 1.54) is 6.42 Å². The summed E-state index contributed by atoms with van der Waals surface area (Å²) in [7, 11) is 1.95. The van der Waals surface area contributed by atoms with E-state index in [4.69, 9.17) is 0 Å². The van der Waals surface area contributed by atoms with Crippen molar-refractivity contribution in [3.8, 4) is 0 Å². The predicted molar refractivity (Wildman–Crippen MR) is 105 cm³/mol. The van der Waals surface area contributed by atoms with E-state index < -0.39 is 0 Å². The van der Waals surface area contributed by atoms with Gasteiger partial charge in [-0.3, -0.25) is 9.59 Å². The predicted octanol–water partition coefficient (Wildman–Crippen LogP) is 2.85. The molecule has 1 saturated carbocycles. The van der Waals surface area contributed by atoms with Crippen LogP contribution in [0.25, 0.3) is 21.8 Å². The third-order valence-electron chi connectivity index (χ3n) is 6.18. The summed E-state index contributed by atoms with van der Waals surface area (Å²) in [6.45, 7) is 1.78. The first kappa shape index (κ1) is 15.7. The van der Waals surface area contributed by atoms with Gasteiger partial charge in [-0.1, -0.05) is 18.6 Å². The summed E-state index contributed by atoms with van der Waals surface area (Å²) >= 11 is 0. The molecule has 0 unspecified atom stereocenters. The summed E-state index contributed by atoms with van der Waals surface area (Å²) < 4.78 is 3.85. The Bertz CT molecular complexity index is 1130. The minimum absolute atomic E-state index is 0.141. The summed E-state index contributed by atoms with van der Waals surface area (Å²) in [5, 5.41) is 3.08. The molecule has 0 spiro atoms. The summed E-state index contributed by atoms with van der Waals surface area (Å²) in [6, 6.07) is 9.66. The van der Waals surface area contributed by atoms with E-state index in [0.717, 1.165) is 55.5 Å². The van der Waals surface area contributed by atoms with Gasteiger partial charge in [0.2, 0.25) is 5.43 Å². The van der Waals surface area contributed by atoms with Gasteiger partial charge in [0, 0.05) is 37.1 Å². The lowest BCUT2D eigenvalue weighted by atomic mass is 9.82. The Balaban J connectivity index is 1.93. The molecule has 0 bridgehead atoms. The Morgan fingerprint density at radius 1 is 0.962 bits per heavy atom. The van der Waals surface area contributed by atoms with E-state index in [-0.39, 0.29) is 11.0 Å². The van der Waals surface area contributed by atoms with Gasteiger partial charge < -0.3 is 9.58 Å². The van der Waals surface area contributed by atoms with Gasteiger partial charge in [0.15, 0.2) is 0 Å². The van der Waals surface area contributed by atoms with Crippen molar-refractivity contribution in [2.45, 2.75) is 38.0 Å². The lowest BCUT2D eigenvalue weighted by Crippen LogP contribution is -2.44. The molecular weight excluding hydrogens is 326 g/mol. The van der Waals surface area contributed by atoms with Gasteiger partial charge in [-0.25, -0.2) is 4.68 Å². The maximum atomic E-state index is 13.5. The Labute approximate surface area is 151 Å². The average Bonchev–Trinajstić information content (AvgIpc) is 3.12. The standard InChI is InChI=1S/C21H23N3O2/c1-22-16-10-3-2-9-15(16)20(25)19-18(22)13-17(14-7-6-8-14)24(21(19)26)23-11-4-5-12-23/h2-3,9-10,13-14H,4-8,11-12H2,1H3. The van der Waals surface area contributed by atoms with E-state index in [2.05, 4.69) is 11.1 Å².